The molecule has 0 radical (unpaired) electrons. The molecule has 1 aromatic carbocycles. The van der Waals surface area contributed by atoms with Gasteiger partial charge in [-0.15, -0.1) is 0 Å². The Morgan fingerprint density at radius 1 is 1.00 bits per heavy atom. The van der Waals surface area contributed by atoms with E-state index in [2.05, 4.69) is 20.1 Å². The van der Waals surface area contributed by atoms with E-state index in [0.29, 0.717) is 37.5 Å². The highest BCUT2D eigenvalue weighted by Gasteiger charge is 2.73. The number of anilines is 1. The van der Waals surface area contributed by atoms with Gasteiger partial charge in [0, 0.05) is 41.5 Å². The van der Waals surface area contributed by atoms with Crippen molar-refractivity contribution in [3.8, 4) is 11.1 Å². The maximum Gasteiger partial charge on any atom is 0.315 e. The van der Waals surface area contributed by atoms with E-state index in [1.54, 1.807) is 0 Å². The summed E-state index contributed by atoms with van der Waals surface area (Å²) in [7, 11) is 0. The Balaban J connectivity index is 1.07. The Morgan fingerprint density at radius 3 is 2.27 bits per heavy atom. The highest BCUT2D eigenvalue weighted by molar-refractivity contribution is 6.00. The molecule has 7 saturated carbocycles. The van der Waals surface area contributed by atoms with Crippen molar-refractivity contribution < 1.29 is 22.5 Å². The van der Waals surface area contributed by atoms with E-state index in [1.807, 2.05) is 41.6 Å². The zero-order valence-corrected chi connectivity index (χ0v) is 22.8. The van der Waals surface area contributed by atoms with E-state index >= 15 is 0 Å². The summed E-state index contributed by atoms with van der Waals surface area (Å²) in [5.41, 5.74) is 0.436. The monoisotopic (exact) mass is 563 g/mol. The van der Waals surface area contributed by atoms with Gasteiger partial charge in [-0.3, -0.25) is 4.79 Å². The second-order valence-electron chi connectivity index (χ2n) is 13.5. The number of alkyl halides is 3. The van der Waals surface area contributed by atoms with E-state index in [9.17, 15) is 18.0 Å². The van der Waals surface area contributed by atoms with Crippen LogP contribution < -0.4 is 4.90 Å². The first-order valence-corrected chi connectivity index (χ1v) is 14.8. The van der Waals surface area contributed by atoms with Crippen LogP contribution >= 0.6 is 0 Å². The van der Waals surface area contributed by atoms with E-state index in [4.69, 9.17) is 4.52 Å². The molecule has 2 heterocycles. The number of halogens is 3. The molecular weight excluding hydrogens is 531 g/mol. The molecule has 214 valence electrons. The van der Waals surface area contributed by atoms with Crippen LogP contribution in [0.4, 0.5) is 18.9 Å². The quantitative estimate of drug-likeness (QED) is 0.298. The van der Waals surface area contributed by atoms with Crippen LogP contribution in [-0.4, -0.2) is 38.2 Å². The van der Waals surface area contributed by atoms with Crippen molar-refractivity contribution in [2.75, 3.05) is 11.4 Å². The summed E-state index contributed by atoms with van der Waals surface area (Å²) in [4.78, 5) is 29.2. The van der Waals surface area contributed by atoms with Gasteiger partial charge in [0.1, 0.15) is 11.5 Å². The Hall–Kier alpha value is -3.30. The third kappa shape index (κ3) is 4.03. The lowest BCUT2D eigenvalue weighted by Gasteiger charge is -2.65. The number of aromatic nitrogens is 4. The molecule has 2 aromatic heterocycles. The van der Waals surface area contributed by atoms with Gasteiger partial charge < -0.3 is 9.42 Å². The second-order valence-corrected chi connectivity index (χ2v) is 13.5. The zero-order valence-electron chi connectivity index (χ0n) is 22.8. The van der Waals surface area contributed by atoms with Crippen LogP contribution in [0.5, 0.6) is 0 Å². The Kier molecular flexibility index (Phi) is 5.34. The third-order valence-corrected chi connectivity index (χ3v) is 10.8. The van der Waals surface area contributed by atoms with Gasteiger partial charge in [0.05, 0.1) is 5.41 Å². The van der Waals surface area contributed by atoms with Crippen molar-refractivity contribution in [2.45, 2.75) is 94.1 Å². The number of nitrogens with zero attached hydrogens (tertiary/aromatic N) is 5. The largest absolute Gasteiger partial charge is 0.333 e. The van der Waals surface area contributed by atoms with Crippen LogP contribution in [0.3, 0.4) is 0 Å². The van der Waals surface area contributed by atoms with Crippen LogP contribution in [0.1, 0.15) is 101 Å². The molecule has 0 unspecified atom stereocenters. The molecule has 3 aromatic rings. The number of carbonyl (C=O) groups excluding carboxylic acids is 1. The number of fused-ring (bicyclic) bond motifs is 3. The van der Waals surface area contributed by atoms with Gasteiger partial charge in [0.15, 0.2) is 5.82 Å². The molecule has 0 saturated heterocycles. The Morgan fingerprint density at radius 2 is 1.68 bits per heavy atom. The molecule has 0 aliphatic heterocycles. The lowest BCUT2D eigenvalue weighted by Crippen LogP contribution is -2.71. The summed E-state index contributed by atoms with van der Waals surface area (Å²) < 4.78 is 45.6. The van der Waals surface area contributed by atoms with Crippen molar-refractivity contribution in [1.29, 1.82) is 0 Å². The molecule has 10 rings (SSSR count). The first kappa shape index (κ1) is 25.4. The van der Waals surface area contributed by atoms with Crippen molar-refractivity contribution in [2.24, 2.45) is 10.8 Å². The van der Waals surface area contributed by atoms with Crippen molar-refractivity contribution in [3.05, 3.63) is 54.2 Å². The van der Waals surface area contributed by atoms with Gasteiger partial charge in [0.25, 0.3) is 5.89 Å². The molecule has 0 spiro atoms. The van der Waals surface area contributed by atoms with Crippen molar-refractivity contribution in [1.82, 2.24) is 20.1 Å². The number of hydrogen-bond acceptors (Lipinski definition) is 6. The number of amides is 1. The molecule has 1 amide bonds. The van der Waals surface area contributed by atoms with Crippen molar-refractivity contribution >= 4 is 11.6 Å². The summed E-state index contributed by atoms with van der Waals surface area (Å²) in [6.07, 6.45) is 8.97. The van der Waals surface area contributed by atoms with Crippen molar-refractivity contribution in [3.63, 3.8) is 0 Å². The fourth-order valence-corrected chi connectivity index (χ4v) is 8.06. The Bertz CT molecular complexity index is 1470. The fraction of sp³-hybridized carbons (Fsp3) is 0.581. The van der Waals surface area contributed by atoms with Gasteiger partial charge in [-0.1, -0.05) is 17.3 Å². The van der Waals surface area contributed by atoms with Crippen LogP contribution in [0.15, 0.2) is 41.2 Å². The number of benzene rings is 1. The minimum Gasteiger partial charge on any atom is -0.333 e. The Labute approximate surface area is 235 Å². The number of carbonyl (C=O) groups is 1. The van der Waals surface area contributed by atoms with Gasteiger partial charge in [0.2, 0.25) is 5.91 Å². The maximum atomic E-state index is 14.5. The summed E-state index contributed by atoms with van der Waals surface area (Å²) >= 11 is 0. The summed E-state index contributed by atoms with van der Waals surface area (Å²) in [6.45, 7) is 0.554. The minimum absolute atomic E-state index is 0.0195. The van der Waals surface area contributed by atoms with Crippen LogP contribution in [-0.2, 0) is 10.2 Å². The second kappa shape index (κ2) is 8.61. The fourth-order valence-electron chi connectivity index (χ4n) is 8.06. The van der Waals surface area contributed by atoms with E-state index in [-0.39, 0.29) is 16.7 Å². The highest BCUT2D eigenvalue weighted by atomic mass is 19.3. The van der Waals surface area contributed by atoms with E-state index in [1.165, 1.54) is 0 Å². The molecule has 7 fully saturated rings. The van der Waals surface area contributed by atoms with E-state index < -0.39 is 23.4 Å². The normalized spacial score (nSPS) is 33.4. The average Bonchev–Trinajstić information content (AvgIpc) is 3.69. The summed E-state index contributed by atoms with van der Waals surface area (Å²) in [5, 5.41) is 3.93. The molecule has 41 heavy (non-hydrogen) atoms. The molecule has 0 atom stereocenters. The van der Waals surface area contributed by atoms with Crippen LogP contribution in [0.25, 0.3) is 11.1 Å². The average molecular weight is 564 g/mol. The van der Waals surface area contributed by atoms with Gasteiger partial charge in [-0.25, -0.2) is 14.4 Å². The zero-order chi connectivity index (χ0) is 28.0. The van der Waals surface area contributed by atoms with E-state index in [0.717, 1.165) is 74.0 Å². The molecule has 10 heteroatoms. The van der Waals surface area contributed by atoms with Gasteiger partial charge >= 0.3 is 6.43 Å². The summed E-state index contributed by atoms with van der Waals surface area (Å²) in [5.74, 6) is 1.15. The van der Waals surface area contributed by atoms with Gasteiger partial charge in [-0.05, 0) is 93.7 Å². The third-order valence-electron chi connectivity index (χ3n) is 10.8. The lowest BCUT2D eigenvalue weighted by atomic mass is 9.41. The topological polar surface area (TPSA) is 85.0 Å². The minimum atomic E-state index is -2.78. The summed E-state index contributed by atoms with van der Waals surface area (Å²) in [6, 6.07) is 7.96. The number of rotatable bonds is 8. The predicted octanol–water partition coefficient (Wildman–Crippen LogP) is 6.86. The van der Waals surface area contributed by atoms with Crippen LogP contribution in [0, 0.1) is 10.8 Å². The first-order valence-electron chi connectivity index (χ1n) is 14.8. The molecule has 7 nitrogen and oxygen atoms in total. The maximum absolute atomic E-state index is 14.5. The molecule has 0 N–H and O–H groups in total. The number of hydrogen-bond donors (Lipinski definition) is 0. The SMILES string of the molecule is O=C(N(CC12CCC(c3noc(C(F)F)n3)(CC1)CC2)c1cccc(-c2cnc(C3CC3)nc2)c1)C12CC(F)(C1)C2. The molecule has 4 bridgehead atoms. The first-order chi connectivity index (χ1) is 19.7. The van der Waals surface area contributed by atoms with Gasteiger partial charge in [-0.2, -0.15) is 13.8 Å². The molecular formula is C31H32F3N5O2. The molecule has 7 aliphatic carbocycles. The standard InChI is InChI=1S/C31H32F3N5O2/c32-23(33)25-37-26(38-41-25)29-9-6-28(7-10-29,8-11-29)18-39(27(40)30-15-31(34,16-30)17-30)22-3-1-2-20(12-22)21-13-35-24(36-14-21)19-4-5-19/h1-3,12-14,19,23H,4-11,15-18H2. The lowest BCUT2D eigenvalue weighted by molar-refractivity contribution is -0.211. The highest BCUT2D eigenvalue weighted by Crippen LogP contribution is 2.70. The smallest absolute Gasteiger partial charge is 0.315 e. The van der Waals surface area contributed by atoms with Crippen LogP contribution in [0.2, 0.25) is 0 Å². The predicted molar refractivity (Wildman–Crippen MR) is 143 cm³/mol. The molecule has 7 aliphatic rings.